The van der Waals surface area contributed by atoms with Gasteiger partial charge in [-0.1, -0.05) is 33.6 Å². The lowest BCUT2D eigenvalue weighted by Gasteiger charge is -2.23. The lowest BCUT2D eigenvalue weighted by molar-refractivity contribution is 0.323. The van der Waals surface area contributed by atoms with Crippen LogP contribution >= 0.6 is 11.3 Å². The first-order valence-corrected chi connectivity index (χ1v) is 8.50. The number of hydrogen-bond donors (Lipinski definition) is 0. The molecule has 0 aromatic carbocycles. The number of rotatable bonds is 8. The van der Waals surface area contributed by atoms with E-state index in [1.165, 1.54) is 12.8 Å². The maximum absolute atomic E-state index is 11.8. The SMILES string of the molecule is CCCCC(CC)C(CC)([S+]=O)c1nc(C)cs1. The highest BCUT2D eigenvalue weighted by Gasteiger charge is 2.53. The van der Waals surface area contributed by atoms with Crippen molar-refractivity contribution in [3.05, 3.63) is 16.1 Å². The molecule has 0 aliphatic heterocycles. The van der Waals surface area contributed by atoms with Crippen molar-refractivity contribution in [3.8, 4) is 0 Å². The van der Waals surface area contributed by atoms with Gasteiger partial charge in [0.1, 0.15) is 0 Å². The smallest absolute Gasteiger partial charge is 0.240 e. The number of nitrogens with zero attached hydrogens (tertiary/aromatic N) is 1. The van der Waals surface area contributed by atoms with Crippen molar-refractivity contribution in [2.75, 3.05) is 0 Å². The van der Waals surface area contributed by atoms with Crippen LogP contribution in [0.3, 0.4) is 0 Å². The molecule has 18 heavy (non-hydrogen) atoms. The van der Waals surface area contributed by atoms with E-state index in [4.69, 9.17) is 0 Å². The van der Waals surface area contributed by atoms with Gasteiger partial charge >= 0.3 is 11.7 Å². The summed E-state index contributed by atoms with van der Waals surface area (Å²) < 4.78 is 11.5. The van der Waals surface area contributed by atoms with Crippen LogP contribution in [0.4, 0.5) is 0 Å². The van der Waals surface area contributed by atoms with Crippen molar-refractivity contribution < 1.29 is 4.21 Å². The van der Waals surface area contributed by atoms with Crippen LogP contribution in [0.15, 0.2) is 5.38 Å². The Hall–Kier alpha value is -0.350. The Morgan fingerprint density at radius 2 is 2.17 bits per heavy atom. The van der Waals surface area contributed by atoms with Gasteiger partial charge in [-0.3, -0.25) is 0 Å². The molecule has 1 rings (SSSR count). The average Bonchev–Trinajstić information content (AvgIpc) is 2.82. The lowest BCUT2D eigenvalue weighted by Crippen LogP contribution is -2.33. The van der Waals surface area contributed by atoms with Gasteiger partial charge in [-0.05, 0) is 19.8 Å². The van der Waals surface area contributed by atoms with Gasteiger partial charge in [-0.15, -0.1) is 11.3 Å². The number of unbranched alkanes of at least 4 members (excludes halogenated alkanes) is 1. The van der Waals surface area contributed by atoms with E-state index >= 15 is 0 Å². The molecule has 0 fully saturated rings. The van der Waals surface area contributed by atoms with Gasteiger partial charge in [0, 0.05) is 27.6 Å². The quantitative estimate of drug-likeness (QED) is 0.648. The van der Waals surface area contributed by atoms with Gasteiger partial charge in [-0.25, -0.2) is 4.98 Å². The fourth-order valence-electron chi connectivity index (χ4n) is 2.54. The zero-order valence-electron chi connectivity index (χ0n) is 11.9. The highest BCUT2D eigenvalue weighted by Crippen LogP contribution is 2.41. The van der Waals surface area contributed by atoms with E-state index in [2.05, 4.69) is 31.1 Å². The Balaban J connectivity index is 3.07. The first kappa shape index (κ1) is 15.7. The predicted molar refractivity (Wildman–Crippen MR) is 80.2 cm³/mol. The minimum atomic E-state index is -0.317. The molecule has 0 saturated carbocycles. The zero-order valence-corrected chi connectivity index (χ0v) is 13.5. The first-order valence-electron chi connectivity index (χ1n) is 6.88. The Labute approximate surface area is 119 Å². The molecule has 0 spiro atoms. The summed E-state index contributed by atoms with van der Waals surface area (Å²) in [5.41, 5.74) is 1.03. The van der Waals surface area contributed by atoms with Crippen molar-refractivity contribution in [1.29, 1.82) is 0 Å². The van der Waals surface area contributed by atoms with Crippen LogP contribution in [0, 0.1) is 12.8 Å². The van der Waals surface area contributed by atoms with Crippen LogP contribution < -0.4 is 0 Å². The minimum absolute atomic E-state index is 0.317. The third-order valence-corrected chi connectivity index (χ3v) is 6.09. The molecule has 102 valence electrons. The van der Waals surface area contributed by atoms with Gasteiger partial charge < -0.3 is 0 Å². The number of thiazole rings is 1. The van der Waals surface area contributed by atoms with E-state index in [-0.39, 0.29) is 4.75 Å². The molecule has 0 N–H and O–H groups in total. The molecule has 0 radical (unpaired) electrons. The first-order chi connectivity index (χ1) is 8.64. The van der Waals surface area contributed by atoms with Crippen LogP contribution in [-0.4, -0.2) is 4.98 Å². The van der Waals surface area contributed by atoms with Crippen LogP contribution in [-0.2, 0) is 20.6 Å². The van der Waals surface area contributed by atoms with Crippen molar-refractivity contribution in [3.63, 3.8) is 0 Å². The Morgan fingerprint density at radius 1 is 1.44 bits per heavy atom. The molecule has 2 nitrogen and oxygen atoms in total. The molecule has 0 amide bonds. The van der Waals surface area contributed by atoms with E-state index < -0.39 is 0 Å². The average molecular weight is 286 g/mol. The third kappa shape index (κ3) is 3.15. The van der Waals surface area contributed by atoms with Gasteiger partial charge in [0.05, 0.1) is 0 Å². The predicted octanol–water partition coefficient (Wildman–Crippen LogP) is 4.70. The molecule has 1 heterocycles. The molecule has 1 aromatic heterocycles. The highest BCUT2D eigenvalue weighted by atomic mass is 32.1. The van der Waals surface area contributed by atoms with Crippen LogP contribution in [0.1, 0.15) is 63.6 Å². The summed E-state index contributed by atoms with van der Waals surface area (Å²) in [5.74, 6) is 0.440. The summed E-state index contributed by atoms with van der Waals surface area (Å²) in [6, 6.07) is 0. The van der Waals surface area contributed by atoms with Crippen LogP contribution in [0.5, 0.6) is 0 Å². The standard InChI is InChI=1S/C14H24NOS2/c1-5-8-9-12(6-2)14(7-3,18-16)13-15-11(4)10-17-13/h10,12H,5-9H2,1-4H3/q+1. The second kappa shape index (κ2) is 7.29. The highest BCUT2D eigenvalue weighted by molar-refractivity contribution is 7.67. The van der Waals surface area contributed by atoms with Gasteiger partial charge in [-0.2, -0.15) is 0 Å². The molecular weight excluding hydrogens is 262 g/mol. The van der Waals surface area contributed by atoms with Crippen molar-refractivity contribution in [2.45, 2.75) is 64.5 Å². The number of aromatic nitrogens is 1. The van der Waals surface area contributed by atoms with E-state index in [9.17, 15) is 4.21 Å². The molecule has 1 aromatic rings. The second-order valence-corrected chi connectivity index (χ2v) is 6.62. The second-order valence-electron chi connectivity index (χ2n) is 4.87. The van der Waals surface area contributed by atoms with E-state index in [1.807, 2.05) is 6.92 Å². The molecule has 0 aliphatic rings. The molecule has 0 saturated heterocycles. The van der Waals surface area contributed by atoms with E-state index in [0.717, 1.165) is 41.6 Å². The largest absolute Gasteiger partial charge is 0.473 e. The van der Waals surface area contributed by atoms with Crippen molar-refractivity contribution in [1.82, 2.24) is 4.98 Å². The van der Waals surface area contributed by atoms with E-state index in [0.29, 0.717) is 5.92 Å². The van der Waals surface area contributed by atoms with Crippen LogP contribution in [0.25, 0.3) is 0 Å². The van der Waals surface area contributed by atoms with Crippen molar-refractivity contribution >= 4 is 23.0 Å². The molecule has 0 bridgehead atoms. The molecular formula is C14H24NOS2+. The normalized spacial score (nSPS) is 16.2. The maximum Gasteiger partial charge on any atom is 0.473 e. The lowest BCUT2D eigenvalue weighted by atomic mass is 9.83. The Bertz CT molecular complexity index is 378. The molecule has 2 atom stereocenters. The third-order valence-electron chi connectivity index (χ3n) is 3.71. The molecule has 4 heteroatoms. The van der Waals surface area contributed by atoms with Gasteiger partial charge in [0.2, 0.25) is 0 Å². The zero-order chi connectivity index (χ0) is 13.6. The molecule has 0 aliphatic carbocycles. The number of aryl methyl sites for hydroxylation is 1. The Kier molecular flexibility index (Phi) is 6.36. The molecule has 2 unspecified atom stereocenters. The summed E-state index contributed by atoms with van der Waals surface area (Å²) in [5, 5.41) is 3.09. The Morgan fingerprint density at radius 3 is 2.56 bits per heavy atom. The van der Waals surface area contributed by atoms with Crippen LogP contribution in [0.2, 0.25) is 0 Å². The van der Waals surface area contributed by atoms with Gasteiger partial charge in [0.15, 0.2) is 5.01 Å². The minimum Gasteiger partial charge on any atom is -0.240 e. The maximum atomic E-state index is 11.8. The summed E-state index contributed by atoms with van der Waals surface area (Å²) >= 11 is 2.42. The summed E-state index contributed by atoms with van der Waals surface area (Å²) in [7, 11) is 0. The van der Waals surface area contributed by atoms with Gasteiger partial charge in [0.25, 0.3) is 4.75 Å². The van der Waals surface area contributed by atoms with Crippen molar-refractivity contribution in [2.24, 2.45) is 5.92 Å². The summed E-state index contributed by atoms with van der Waals surface area (Å²) in [6.07, 6.45) is 5.45. The fourth-order valence-corrected chi connectivity index (χ4v) is 4.49. The topological polar surface area (TPSA) is 30.0 Å². The summed E-state index contributed by atoms with van der Waals surface area (Å²) in [6.45, 7) is 8.53. The van der Waals surface area contributed by atoms with E-state index in [1.54, 1.807) is 11.3 Å². The monoisotopic (exact) mass is 286 g/mol. The fraction of sp³-hybridized carbons (Fsp3) is 0.786. The number of hydrogen-bond acceptors (Lipinski definition) is 3. The summed E-state index contributed by atoms with van der Waals surface area (Å²) in [4.78, 5) is 4.60.